The zero-order valence-electron chi connectivity index (χ0n) is 10.7. The number of likely N-dealkylation sites (N-methyl/N-ethyl adjacent to an activating group) is 1. The van der Waals surface area contributed by atoms with Crippen molar-refractivity contribution in [3.05, 3.63) is 0 Å². The van der Waals surface area contributed by atoms with Crippen molar-refractivity contribution in [3.63, 3.8) is 0 Å². The number of hydrogen-bond donors (Lipinski definition) is 1. The fraction of sp³-hybridized carbons (Fsp3) is 0.923. The van der Waals surface area contributed by atoms with E-state index in [-0.39, 0.29) is 0 Å². The fourth-order valence-corrected chi connectivity index (χ4v) is 3.06. The number of hydrogen-bond acceptors (Lipinski definition) is 2. The summed E-state index contributed by atoms with van der Waals surface area (Å²) >= 11 is 0. The van der Waals surface area contributed by atoms with E-state index < -0.39 is 0 Å². The third kappa shape index (κ3) is 2.40. The van der Waals surface area contributed by atoms with Gasteiger partial charge in [0.25, 0.3) is 0 Å². The van der Waals surface area contributed by atoms with Crippen LogP contribution in [0.15, 0.2) is 0 Å². The van der Waals surface area contributed by atoms with E-state index in [2.05, 4.69) is 23.8 Å². The first-order valence-electron chi connectivity index (χ1n) is 6.76. The quantitative estimate of drug-likeness (QED) is 0.574. The molecule has 0 aromatic rings. The largest absolute Gasteiger partial charge is 0.357 e. The SMILES string of the molecule is CCC1CN(C(=N)C2CCCC2)CCN1C. The van der Waals surface area contributed by atoms with Crippen LogP contribution in [0.5, 0.6) is 0 Å². The maximum absolute atomic E-state index is 8.32. The van der Waals surface area contributed by atoms with Crippen molar-refractivity contribution in [3.8, 4) is 0 Å². The molecule has 2 aliphatic rings. The maximum Gasteiger partial charge on any atom is 0.0990 e. The van der Waals surface area contributed by atoms with E-state index in [1.165, 1.54) is 32.1 Å². The third-order valence-corrected chi connectivity index (χ3v) is 4.33. The summed E-state index contributed by atoms with van der Waals surface area (Å²) in [5.41, 5.74) is 0. The summed E-state index contributed by atoms with van der Waals surface area (Å²) in [5, 5.41) is 8.32. The maximum atomic E-state index is 8.32. The number of amidine groups is 1. The monoisotopic (exact) mass is 223 g/mol. The highest BCUT2D eigenvalue weighted by atomic mass is 15.3. The minimum absolute atomic E-state index is 0.570. The predicted molar refractivity (Wildman–Crippen MR) is 68.0 cm³/mol. The summed E-state index contributed by atoms with van der Waals surface area (Å²) in [5.74, 6) is 1.50. The lowest BCUT2D eigenvalue weighted by Crippen LogP contribution is -2.53. The Morgan fingerprint density at radius 1 is 1.25 bits per heavy atom. The summed E-state index contributed by atoms with van der Waals surface area (Å²) in [6.07, 6.45) is 6.37. The van der Waals surface area contributed by atoms with E-state index in [1.54, 1.807) is 0 Å². The molecule has 92 valence electrons. The molecule has 0 amide bonds. The molecule has 1 aliphatic carbocycles. The Labute approximate surface area is 99.3 Å². The highest BCUT2D eigenvalue weighted by Crippen LogP contribution is 2.27. The zero-order valence-corrected chi connectivity index (χ0v) is 10.7. The summed E-state index contributed by atoms with van der Waals surface area (Å²) in [6, 6.07) is 0.649. The van der Waals surface area contributed by atoms with Crippen LogP contribution in [0.2, 0.25) is 0 Å². The number of nitrogens with one attached hydrogen (secondary N) is 1. The van der Waals surface area contributed by atoms with Gasteiger partial charge in [0.2, 0.25) is 0 Å². The summed E-state index contributed by atoms with van der Waals surface area (Å²) in [4.78, 5) is 4.78. The van der Waals surface area contributed by atoms with Crippen molar-refractivity contribution in [1.29, 1.82) is 5.41 Å². The molecule has 3 nitrogen and oxygen atoms in total. The van der Waals surface area contributed by atoms with Crippen molar-refractivity contribution in [2.75, 3.05) is 26.7 Å². The highest BCUT2D eigenvalue weighted by molar-refractivity contribution is 5.82. The third-order valence-electron chi connectivity index (χ3n) is 4.33. The molecule has 1 atom stereocenters. The average Bonchev–Trinajstić information content (AvgIpc) is 2.82. The first-order chi connectivity index (χ1) is 7.72. The van der Waals surface area contributed by atoms with E-state index in [1.807, 2.05) is 0 Å². The molecule has 1 unspecified atom stereocenters. The van der Waals surface area contributed by atoms with Crippen molar-refractivity contribution in [2.24, 2.45) is 5.92 Å². The Bertz CT molecular complexity index is 246. The van der Waals surface area contributed by atoms with Gasteiger partial charge in [-0.1, -0.05) is 19.8 Å². The molecule has 0 bridgehead atoms. The summed E-state index contributed by atoms with van der Waals surface area (Å²) < 4.78 is 0. The summed E-state index contributed by atoms with van der Waals surface area (Å²) in [6.45, 7) is 5.50. The second-order valence-corrected chi connectivity index (χ2v) is 5.36. The van der Waals surface area contributed by atoms with Gasteiger partial charge in [0, 0.05) is 31.6 Å². The Hall–Kier alpha value is -0.570. The van der Waals surface area contributed by atoms with Crippen molar-refractivity contribution >= 4 is 5.84 Å². The van der Waals surface area contributed by atoms with Gasteiger partial charge >= 0.3 is 0 Å². The van der Waals surface area contributed by atoms with Crippen LogP contribution in [0.1, 0.15) is 39.0 Å². The minimum atomic E-state index is 0.570. The lowest BCUT2D eigenvalue weighted by atomic mass is 10.0. The van der Waals surface area contributed by atoms with Crippen molar-refractivity contribution in [1.82, 2.24) is 9.80 Å². The molecule has 1 N–H and O–H groups in total. The summed E-state index contributed by atoms with van der Waals surface area (Å²) in [7, 11) is 2.21. The Balaban J connectivity index is 1.91. The predicted octanol–water partition coefficient (Wildman–Crippen LogP) is 2.18. The molecule has 0 radical (unpaired) electrons. The van der Waals surface area contributed by atoms with Crippen LogP contribution in [-0.2, 0) is 0 Å². The smallest absolute Gasteiger partial charge is 0.0990 e. The molecule has 1 aliphatic heterocycles. The van der Waals surface area contributed by atoms with Gasteiger partial charge in [-0.05, 0) is 26.3 Å². The van der Waals surface area contributed by atoms with E-state index in [0.717, 1.165) is 25.5 Å². The van der Waals surface area contributed by atoms with Gasteiger partial charge in [-0.15, -0.1) is 0 Å². The lowest BCUT2D eigenvalue weighted by Gasteiger charge is -2.41. The van der Waals surface area contributed by atoms with Crippen LogP contribution in [0, 0.1) is 11.3 Å². The molecule has 1 saturated carbocycles. The van der Waals surface area contributed by atoms with Crippen LogP contribution in [0.4, 0.5) is 0 Å². The molecule has 1 heterocycles. The first kappa shape index (κ1) is 11.9. The molecule has 0 spiro atoms. The molecule has 1 saturated heterocycles. The van der Waals surface area contributed by atoms with Crippen LogP contribution in [-0.4, -0.2) is 48.4 Å². The molecule has 2 rings (SSSR count). The van der Waals surface area contributed by atoms with E-state index in [4.69, 9.17) is 5.41 Å². The standard InChI is InChI=1S/C13H25N3/c1-3-12-10-16(9-8-15(12)2)13(14)11-6-4-5-7-11/h11-12,14H,3-10H2,1-2H3. The lowest BCUT2D eigenvalue weighted by molar-refractivity contribution is 0.133. The highest BCUT2D eigenvalue weighted by Gasteiger charge is 2.29. The number of rotatable bonds is 2. The van der Waals surface area contributed by atoms with Gasteiger partial charge < -0.3 is 4.90 Å². The van der Waals surface area contributed by atoms with Gasteiger partial charge in [0.05, 0.1) is 5.84 Å². The zero-order chi connectivity index (χ0) is 11.5. The second-order valence-electron chi connectivity index (χ2n) is 5.36. The van der Waals surface area contributed by atoms with Gasteiger partial charge in [-0.3, -0.25) is 10.3 Å². The van der Waals surface area contributed by atoms with Gasteiger partial charge in [-0.25, -0.2) is 0 Å². The van der Waals surface area contributed by atoms with E-state index >= 15 is 0 Å². The molecule has 0 aromatic carbocycles. The van der Waals surface area contributed by atoms with Gasteiger partial charge in [-0.2, -0.15) is 0 Å². The van der Waals surface area contributed by atoms with Crippen molar-refractivity contribution in [2.45, 2.75) is 45.1 Å². The van der Waals surface area contributed by atoms with Gasteiger partial charge in [0.1, 0.15) is 0 Å². The molecule has 16 heavy (non-hydrogen) atoms. The molecule has 2 fully saturated rings. The van der Waals surface area contributed by atoms with Crippen LogP contribution in [0.25, 0.3) is 0 Å². The first-order valence-corrected chi connectivity index (χ1v) is 6.76. The normalized spacial score (nSPS) is 28.6. The Kier molecular flexibility index (Phi) is 3.85. The topological polar surface area (TPSA) is 30.3 Å². The van der Waals surface area contributed by atoms with Crippen LogP contribution < -0.4 is 0 Å². The second kappa shape index (κ2) is 5.17. The fourth-order valence-electron chi connectivity index (χ4n) is 3.06. The number of piperazine rings is 1. The average molecular weight is 223 g/mol. The number of nitrogens with zero attached hydrogens (tertiary/aromatic N) is 2. The van der Waals surface area contributed by atoms with Crippen LogP contribution in [0.3, 0.4) is 0 Å². The van der Waals surface area contributed by atoms with Gasteiger partial charge in [0.15, 0.2) is 0 Å². The van der Waals surface area contributed by atoms with Crippen molar-refractivity contribution < 1.29 is 0 Å². The Morgan fingerprint density at radius 2 is 1.94 bits per heavy atom. The van der Waals surface area contributed by atoms with E-state index in [0.29, 0.717) is 12.0 Å². The molecule has 0 aromatic heterocycles. The minimum Gasteiger partial charge on any atom is -0.357 e. The molecular formula is C13H25N3. The van der Waals surface area contributed by atoms with Crippen LogP contribution >= 0.6 is 0 Å². The Morgan fingerprint density at radius 3 is 2.56 bits per heavy atom. The van der Waals surface area contributed by atoms with E-state index in [9.17, 15) is 0 Å². The molecular weight excluding hydrogens is 198 g/mol. The molecule has 3 heteroatoms.